The quantitative estimate of drug-likeness (QED) is 0.850. The number of carbonyl (C=O) groups excluding carboxylic acids is 1. The molecule has 0 aromatic heterocycles. The molecule has 1 aromatic carbocycles. The first-order valence-corrected chi connectivity index (χ1v) is 6.79. The largest absolute Gasteiger partial charge is 0.497 e. The summed E-state index contributed by atoms with van der Waals surface area (Å²) in [6.07, 6.45) is 2.22. The summed E-state index contributed by atoms with van der Waals surface area (Å²) in [4.78, 5) is 14.3. The molecule has 0 aliphatic heterocycles. The smallest absolute Gasteiger partial charge is 0.227 e. The zero-order valence-electron chi connectivity index (χ0n) is 11.6. The number of nitrogens with zero attached hydrogens (tertiary/aromatic N) is 1. The molecule has 1 aromatic rings. The summed E-state index contributed by atoms with van der Waals surface area (Å²) in [6.45, 7) is 2.97. The molecule has 2 rings (SSSR count). The molecule has 0 spiro atoms. The fourth-order valence-electron chi connectivity index (χ4n) is 2.08. The monoisotopic (exact) mass is 262 g/mol. The number of rotatable bonds is 6. The molecule has 1 aliphatic rings. The number of carbonyl (C=O) groups is 1. The molecule has 4 heteroatoms. The maximum Gasteiger partial charge on any atom is 0.227 e. The van der Waals surface area contributed by atoms with Crippen LogP contribution in [0.25, 0.3) is 0 Å². The predicted octanol–water partition coefficient (Wildman–Crippen LogP) is 1.78. The average Bonchev–Trinajstić information content (AvgIpc) is 3.28. The fraction of sp³-hybridized carbons (Fsp3) is 0.533. The third-order valence-corrected chi connectivity index (χ3v) is 3.56. The molecule has 4 nitrogen and oxygen atoms in total. The SMILES string of the molecule is COc1ccc(CN(C(=O)C(C)CN)C2CC2)cc1. The summed E-state index contributed by atoms with van der Waals surface area (Å²) in [5.41, 5.74) is 6.73. The number of amides is 1. The van der Waals surface area contributed by atoms with E-state index in [4.69, 9.17) is 10.5 Å². The van der Waals surface area contributed by atoms with Gasteiger partial charge in [-0.2, -0.15) is 0 Å². The molecule has 0 bridgehead atoms. The summed E-state index contributed by atoms with van der Waals surface area (Å²) in [6, 6.07) is 8.28. The Labute approximate surface area is 114 Å². The third-order valence-electron chi connectivity index (χ3n) is 3.56. The molecule has 19 heavy (non-hydrogen) atoms. The minimum atomic E-state index is -0.0983. The molecule has 1 aliphatic carbocycles. The van der Waals surface area contributed by atoms with Gasteiger partial charge in [0.05, 0.1) is 7.11 Å². The Bertz CT molecular complexity index is 426. The molecule has 0 saturated heterocycles. The van der Waals surface area contributed by atoms with Crippen LogP contribution in [0.1, 0.15) is 25.3 Å². The summed E-state index contributed by atoms with van der Waals surface area (Å²) in [5.74, 6) is 0.906. The van der Waals surface area contributed by atoms with Gasteiger partial charge in [0.15, 0.2) is 0 Å². The van der Waals surface area contributed by atoms with Gasteiger partial charge in [0, 0.05) is 25.0 Å². The van der Waals surface area contributed by atoms with Crippen molar-refractivity contribution in [2.45, 2.75) is 32.4 Å². The maximum absolute atomic E-state index is 12.3. The Morgan fingerprint density at radius 1 is 1.42 bits per heavy atom. The molecule has 1 fully saturated rings. The lowest BCUT2D eigenvalue weighted by molar-refractivity contribution is -0.135. The van der Waals surface area contributed by atoms with Crippen LogP contribution in [0, 0.1) is 5.92 Å². The summed E-state index contributed by atoms with van der Waals surface area (Å²) >= 11 is 0. The highest BCUT2D eigenvalue weighted by Gasteiger charge is 2.34. The van der Waals surface area contributed by atoms with E-state index in [1.807, 2.05) is 36.1 Å². The summed E-state index contributed by atoms with van der Waals surface area (Å²) < 4.78 is 5.14. The second kappa shape index (κ2) is 6.06. The van der Waals surface area contributed by atoms with Crippen molar-refractivity contribution in [3.63, 3.8) is 0 Å². The van der Waals surface area contributed by atoms with Gasteiger partial charge in [0.25, 0.3) is 0 Å². The Kier molecular flexibility index (Phi) is 4.43. The van der Waals surface area contributed by atoms with Gasteiger partial charge in [-0.1, -0.05) is 19.1 Å². The lowest BCUT2D eigenvalue weighted by Gasteiger charge is -2.25. The van der Waals surface area contributed by atoms with Gasteiger partial charge >= 0.3 is 0 Å². The molecule has 2 N–H and O–H groups in total. The Hall–Kier alpha value is -1.55. The van der Waals surface area contributed by atoms with Crippen molar-refractivity contribution in [1.29, 1.82) is 0 Å². The Morgan fingerprint density at radius 2 is 2.05 bits per heavy atom. The highest BCUT2D eigenvalue weighted by Crippen LogP contribution is 2.29. The van der Waals surface area contributed by atoms with Crippen molar-refractivity contribution >= 4 is 5.91 Å². The van der Waals surface area contributed by atoms with E-state index in [-0.39, 0.29) is 11.8 Å². The van der Waals surface area contributed by atoms with E-state index in [9.17, 15) is 4.79 Å². The molecular weight excluding hydrogens is 240 g/mol. The molecule has 0 radical (unpaired) electrons. The standard InChI is InChI=1S/C15H22N2O2/c1-11(9-16)15(18)17(13-5-6-13)10-12-3-7-14(19-2)8-4-12/h3-4,7-8,11,13H,5-6,9-10,16H2,1-2H3. The van der Waals surface area contributed by atoms with Crippen molar-refractivity contribution in [1.82, 2.24) is 4.90 Å². The zero-order chi connectivity index (χ0) is 13.8. The Balaban J connectivity index is 2.05. The number of hydrogen-bond acceptors (Lipinski definition) is 3. The van der Waals surface area contributed by atoms with Crippen LogP contribution in [0.2, 0.25) is 0 Å². The topological polar surface area (TPSA) is 55.6 Å². The zero-order valence-corrected chi connectivity index (χ0v) is 11.6. The summed E-state index contributed by atoms with van der Waals surface area (Å²) in [5, 5.41) is 0. The Morgan fingerprint density at radius 3 is 2.53 bits per heavy atom. The van der Waals surface area contributed by atoms with Gasteiger partial charge in [-0.15, -0.1) is 0 Å². The minimum Gasteiger partial charge on any atom is -0.497 e. The molecule has 1 saturated carbocycles. The second-order valence-corrected chi connectivity index (χ2v) is 5.18. The van der Waals surface area contributed by atoms with E-state index in [0.717, 1.165) is 24.2 Å². The highest BCUT2D eigenvalue weighted by atomic mass is 16.5. The fourth-order valence-corrected chi connectivity index (χ4v) is 2.08. The first-order chi connectivity index (χ1) is 9.15. The van der Waals surface area contributed by atoms with E-state index in [1.54, 1.807) is 7.11 Å². The van der Waals surface area contributed by atoms with Gasteiger partial charge in [-0.05, 0) is 30.5 Å². The van der Waals surface area contributed by atoms with Crippen molar-refractivity contribution in [3.05, 3.63) is 29.8 Å². The first-order valence-electron chi connectivity index (χ1n) is 6.79. The van der Waals surface area contributed by atoms with Crippen LogP contribution in [-0.4, -0.2) is 30.5 Å². The number of ether oxygens (including phenoxy) is 1. The van der Waals surface area contributed by atoms with Crippen LogP contribution < -0.4 is 10.5 Å². The summed E-state index contributed by atoms with van der Waals surface area (Å²) in [7, 11) is 1.65. The van der Waals surface area contributed by atoms with Crippen molar-refractivity contribution in [3.8, 4) is 5.75 Å². The second-order valence-electron chi connectivity index (χ2n) is 5.18. The van der Waals surface area contributed by atoms with E-state index in [1.165, 1.54) is 0 Å². The molecule has 1 amide bonds. The van der Waals surface area contributed by atoms with E-state index >= 15 is 0 Å². The lowest BCUT2D eigenvalue weighted by atomic mass is 10.1. The molecule has 1 unspecified atom stereocenters. The van der Waals surface area contributed by atoms with Crippen molar-refractivity contribution in [2.24, 2.45) is 11.7 Å². The van der Waals surface area contributed by atoms with E-state index in [2.05, 4.69) is 0 Å². The van der Waals surface area contributed by atoms with E-state index < -0.39 is 0 Å². The average molecular weight is 262 g/mol. The lowest BCUT2D eigenvalue weighted by Crippen LogP contribution is -2.38. The molecule has 104 valence electrons. The van der Waals surface area contributed by atoms with E-state index in [0.29, 0.717) is 19.1 Å². The number of benzene rings is 1. The first kappa shape index (κ1) is 13.9. The van der Waals surface area contributed by atoms with Gasteiger partial charge in [0.1, 0.15) is 5.75 Å². The van der Waals surface area contributed by atoms with Crippen LogP contribution >= 0.6 is 0 Å². The normalized spacial score (nSPS) is 15.9. The van der Waals surface area contributed by atoms with Crippen LogP contribution in [-0.2, 0) is 11.3 Å². The van der Waals surface area contributed by atoms with Gasteiger partial charge in [0.2, 0.25) is 5.91 Å². The number of methoxy groups -OCH3 is 1. The minimum absolute atomic E-state index is 0.0983. The van der Waals surface area contributed by atoms with Crippen LogP contribution in [0.5, 0.6) is 5.75 Å². The predicted molar refractivity (Wildman–Crippen MR) is 74.8 cm³/mol. The molecular formula is C15H22N2O2. The number of nitrogens with two attached hydrogens (primary N) is 1. The van der Waals surface area contributed by atoms with Crippen molar-refractivity contribution in [2.75, 3.05) is 13.7 Å². The highest BCUT2D eigenvalue weighted by molar-refractivity contribution is 5.79. The van der Waals surface area contributed by atoms with Crippen molar-refractivity contribution < 1.29 is 9.53 Å². The van der Waals surface area contributed by atoms with Gasteiger partial charge in [-0.25, -0.2) is 0 Å². The van der Waals surface area contributed by atoms with Gasteiger partial charge < -0.3 is 15.4 Å². The van der Waals surface area contributed by atoms with Crippen LogP contribution in [0.4, 0.5) is 0 Å². The van der Waals surface area contributed by atoms with Crippen LogP contribution in [0.15, 0.2) is 24.3 Å². The number of hydrogen-bond donors (Lipinski definition) is 1. The van der Waals surface area contributed by atoms with Crippen LogP contribution in [0.3, 0.4) is 0 Å². The molecule has 1 atom stereocenters. The maximum atomic E-state index is 12.3. The van der Waals surface area contributed by atoms with Gasteiger partial charge in [-0.3, -0.25) is 4.79 Å². The molecule has 0 heterocycles. The third kappa shape index (κ3) is 3.47.